The van der Waals surface area contributed by atoms with Crippen LogP contribution in [0.3, 0.4) is 0 Å². The van der Waals surface area contributed by atoms with E-state index in [-0.39, 0.29) is 5.75 Å². The van der Waals surface area contributed by atoms with Gasteiger partial charge < -0.3 is 4.74 Å². The summed E-state index contributed by atoms with van der Waals surface area (Å²) in [6, 6.07) is 7.90. The third-order valence-electron chi connectivity index (χ3n) is 2.63. The standard InChI is InChI=1S/C13H19ClO3S/c1-12-8-4-5-9-13(12)17-10-6-2-3-7-11-18(14,15)16/h4-5,8-9H,2-3,6-7,10-11H2,1H3. The first-order valence-electron chi connectivity index (χ1n) is 6.10. The lowest BCUT2D eigenvalue weighted by Crippen LogP contribution is -2.00. The highest BCUT2D eigenvalue weighted by atomic mass is 35.7. The molecule has 102 valence electrons. The number of benzene rings is 1. The molecular formula is C13H19ClO3S. The fourth-order valence-electron chi connectivity index (χ4n) is 1.63. The SMILES string of the molecule is Cc1ccccc1OCCCCCCS(=O)(=O)Cl. The molecule has 0 amide bonds. The van der Waals surface area contributed by atoms with Crippen LogP contribution in [-0.2, 0) is 9.05 Å². The van der Waals surface area contributed by atoms with Gasteiger partial charge in [-0.2, -0.15) is 0 Å². The predicted molar refractivity (Wildman–Crippen MR) is 74.8 cm³/mol. The summed E-state index contributed by atoms with van der Waals surface area (Å²) < 4.78 is 27.0. The lowest BCUT2D eigenvalue weighted by molar-refractivity contribution is 0.303. The van der Waals surface area contributed by atoms with E-state index in [1.165, 1.54) is 0 Å². The van der Waals surface area contributed by atoms with Gasteiger partial charge in [0.1, 0.15) is 5.75 Å². The van der Waals surface area contributed by atoms with Crippen LogP contribution in [0.1, 0.15) is 31.2 Å². The zero-order chi connectivity index (χ0) is 13.4. The summed E-state index contributed by atoms with van der Waals surface area (Å²) in [4.78, 5) is 0. The van der Waals surface area contributed by atoms with E-state index in [1.807, 2.05) is 31.2 Å². The molecular weight excluding hydrogens is 272 g/mol. The van der Waals surface area contributed by atoms with Gasteiger partial charge in [-0.3, -0.25) is 0 Å². The summed E-state index contributed by atoms with van der Waals surface area (Å²) in [6.07, 6.45) is 3.37. The second kappa shape index (κ2) is 7.64. The van der Waals surface area contributed by atoms with Gasteiger partial charge in [-0.25, -0.2) is 8.42 Å². The Hall–Kier alpha value is -0.740. The van der Waals surface area contributed by atoms with Crippen molar-refractivity contribution in [3.8, 4) is 5.75 Å². The monoisotopic (exact) mass is 290 g/mol. The number of hydrogen-bond acceptors (Lipinski definition) is 3. The summed E-state index contributed by atoms with van der Waals surface area (Å²) in [5, 5.41) is 0. The van der Waals surface area contributed by atoms with Crippen molar-refractivity contribution < 1.29 is 13.2 Å². The van der Waals surface area contributed by atoms with E-state index in [0.29, 0.717) is 13.0 Å². The maximum absolute atomic E-state index is 10.7. The van der Waals surface area contributed by atoms with Gasteiger partial charge in [-0.15, -0.1) is 0 Å². The minimum Gasteiger partial charge on any atom is -0.493 e. The van der Waals surface area contributed by atoms with E-state index in [1.54, 1.807) is 0 Å². The third kappa shape index (κ3) is 6.87. The lowest BCUT2D eigenvalue weighted by atomic mass is 10.2. The van der Waals surface area contributed by atoms with Gasteiger partial charge in [-0.1, -0.05) is 31.0 Å². The van der Waals surface area contributed by atoms with Gasteiger partial charge in [0.15, 0.2) is 0 Å². The molecule has 0 aliphatic rings. The number of hydrogen-bond donors (Lipinski definition) is 0. The Morgan fingerprint density at radius 3 is 2.44 bits per heavy atom. The van der Waals surface area contributed by atoms with Crippen LogP contribution in [0.5, 0.6) is 5.75 Å². The van der Waals surface area contributed by atoms with Crippen LogP contribution in [0.4, 0.5) is 0 Å². The van der Waals surface area contributed by atoms with E-state index in [2.05, 4.69) is 0 Å². The van der Waals surface area contributed by atoms with Crippen LogP contribution in [0, 0.1) is 6.92 Å². The van der Waals surface area contributed by atoms with Crippen molar-refractivity contribution in [1.29, 1.82) is 0 Å². The Balaban J connectivity index is 2.08. The maximum Gasteiger partial charge on any atom is 0.232 e. The molecule has 0 bridgehead atoms. The van der Waals surface area contributed by atoms with Crippen molar-refractivity contribution in [2.45, 2.75) is 32.6 Å². The number of unbranched alkanes of at least 4 members (excludes halogenated alkanes) is 3. The summed E-state index contributed by atoms with van der Waals surface area (Å²) >= 11 is 0. The Morgan fingerprint density at radius 2 is 1.78 bits per heavy atom. The molecule has 0 heterocycles. The van der Waals surface area contributed by atoms with Crippen molar-refractivity contribution in [3.05, 3.63) is 29.8 Å². The molecule has 1 aromatic carbocycles. The van der Waals surface area contributed by atoms with E-state index in [9.17, 15) is 8.42 Å². The fourth-order valence-corrected chi connectivity index (χ4v) is 2.51. The van der Waals surface area contributed by atoms with Gasteiger partial charge in [0, 0.05) is 10.7 Å². The molecule has 0 aliphatic carbocycles. The highest BCUT2D eigenvalue weighted by molar-refractivity contribution is 8.13. The number of rotatable bonds is 8. The maximum atomic E-state index is 10.7. The second-order valence-corrected chi connectivity index (χ2v) is 7.17. The largest absolute Gasteiger partial charge is 0.493 e. The summed E-state index contributed by atoms with van der Waals surface area (Å²) in [5.41, 5.74) is 1.13. The fraction of sp³-hybridized carbons (Fsp3) is 0.538. The molecule has 0 atom stereocenters. The number of ether oxygens (including phenoxy) is 1. The van der Waals surface area contributed by atoms with Crippen LogP contribution in [0.2, 0.25) is 0 Å². The molecule has 0 radical (unpaired) electrons. The van der Waals surface area contributed by atoms with Crippen LogP contribution in [0.15, 0.2) is 24.3 Å². The van der Waals surface area contributed by atoms with E-state index in [0.717, 1.165) is 30.6 Å². The van der Waals surface area contributed by atoms with Gasteiger partial charge >= 0.3 is 0 Å². The highest BCUT2D eigenvalue weighted by Gasteiger charge is 2.03. The molecule has 5 heteroatoms. The zero-order valence-corrected chi connectivity index (χ0v) is 12.1. The van der Waals surface area contributed by atoms with E-state index >= 15 is 0 Å². The van der Waals surface area contributed by atoms with Crippen molar-refractivity contribution in [2.75, 3.05) is 12.4 Å². The molecule has 18 heavy (non-hydrogen) atoms. The first kappa shape index (κ1) is 15.3. The first-order valence-corrected chi connectivity index (χ1v) is 8.57. The van der Waals surface area contributed by atoms with Crippen molar-refractivity contribution >= 4 is 19.7 Å². The second-order valence-electron chi connectivity index (χ2n) is 4.27. The Kier molecular flexibility index (Phi) is 6.50. The van der Waals surface area contributed by atoms with E-state index in [4.69, 9.17) is 15.4 Å². The molecule has 0 aromatic heterocycles. The Labute approximate surface area is 114 Å². The zero-order valence-electron chi connectivity index (χ0n) is 10.6. The number of halogens is 1. The van der Waals surface area contributed by atoms with Crippen molar-refractivity contribution in [1.82, 2.24) is 0 Å². The molecule has 0 saturated heterocycles. The van der Waals surface area contributed by atoms with Gasteiger partial charge in [0.05, 0.1) is 12.4 Å². The molecule has 0 aliphatic heterocycles. The Bertz CT molecular complexity index is 457. The summed E-state index contributed by atoms with van der Waals surface area (Å²) in [5.74, 6) is 0.980. The van der Waals surface area contributed by atoms with Crippen LogP contribution in [0.25, 0.3) is 0 Å². The van der Waals surface area contributed by atoms with Crippen molar-refractivity contribution in [3.63, 3.8) is 0 Å². The summed E-state index contributed by atoms with van der Waals surface area (Å²) in [6.45, 7) is 2.68. The first-order chi connectivity index (χ1) is 8.49. The number of para-hydroxylation sites is 1. The van der Waals surface area contributed by atoms with Gasteiger partial charge in [0.25, 0.3) is 0 Å². The van der Waals surface area contributed by atoms with Gasteiger partial charge in [-0.05, 0) is 31.4 Å². The normalized spacial score (nSPS) is 11.4. The van der Waals surface area contributed by atoms with Crippen LogP contribution >= 0.6 is 10.7 Å². The van der Waals surface area contributed by atoms with Crippen LogP contribution < -0.4 is 4.74 Å². The van der Waals surface area contributed by atoms with Crippen LogP contribution in [-0.4, -0.2) is 20.8 Å². The molecule has 1 aromatic rings. The molecule has 0 spiro atoms. The van der Waals surface area contributed by atoms with Crippen molar-refractivity contribution in [2.24, 2.45) is 0 Å². The topological polar surface area (TPSA) is 43.4 Å². The smallest absolute Gasteiger partial charge is 0.232 e. The molecule has 0 saturated carbocycles. The average Bonchev–Trinajstić information content (AvgIpc) is 2.28. The molecule has 0 unspecified atom stereocenters. The van der Waals surface area contributed by atoms with E-state index < -0.39 is 9.05 Å². The third-order valence-corrected chi connectivity index (χ3v) is 3.87. The minimum atomic E-state index is -3.32. The van der Waals surface area contributed by atoms with Gasteiger partial charge in [0.2, 0.25) is 9.05 Å². The predicted octanol–water partition coefficient (Wildman–Crippen LogP) is 3.50. The quantitative estimate of drug-likeness (QED) is 0.543. The lowest BCUT2D eigenvalue weighted by Gasteiger charge is -2.08. The Morgan fingerprint density at radius 1 is 1.11 bits per heavy atom. The molecule has 0 fully saturated rings. The molecule has 0 N–H and O–H groups in total. The molecule has 3 nitrogen and oxygen atoms in total. The highest BCUT2D eigenvalue weighted by Crippen LogP contribution is 2.16. The minimum absolute atomic E-state index is 0.0627. The number of aryl methyl sites for hydroxylation is 1. The summed E-state index contributed by atoms with van der Waals surface area (Å²) in [7, 11) is 1.79. The average molecular weight is 291 g/mol. The molecule has 1 rings (SSSR count).